The zero-order valence-electron chi connectivity index (χ0n) is 15.6. The van der Waals surface area contributed by atoms with Crippen molar-refractivity contribution in [2.75, 3.05) is 32.7 Å². The predicted molar refractivity (Wildman–Crippen MR) is 108 cm³/mol. The van der Waals surface area contributed by atoms with E-state index in [1.54, 1.807) is 18.2 Å². The minimum Gasteiger partial charge on any atom is -0.507 e. The predicted octanol–water partition coefficient (Wildman–Crippen LogP) is 2.43. The van der Waals surface area contributed by atoms with Crippen LogP contribution in [-0.2, 0) is 6.54 Å². The average Bonchev–Trinajstić information content (AvgIpc) is 2.66. The quantitative estimate of drug-likeness (QED) is 0.700. The minimum absolute atomic E-state index is 0. The van der Waals surface area contributed by atoms with Gasteiger partial charge in [0.1, 0.15) is 11.5 Å². The Morgan fingerprint density at radius 1 is 0.857 bits per heavy atom. The van der Waals surface area contributed by atoms with Gasteiger partial charge in [0.25, 0.3) is 0 Å². The van der Waals surface area contributed by atoms with E-state index < -0.39 is 5.78 Å². The number of likely N-dealkylation sites (N-methyl/N-ethyl adjacent to an activating group) is 1. The Bertz CT molecular complexity index is 936. The molecule has 0 aromatic heterocycles. The SMILES string of the molecule is CCN1CCN(Cc2cc(O)c3c(c2)C(=O)c2cccc(O)c2C3=O)CC1.Cl. The number of phenolic OH excluding ortho intramolecular Hbond substituents is 2. The summed E-state index contributed by atoms with van der Waals surface area (Å²) < 4.78 is 0. The van der Waals surface area contributed by atoms with Crippen molar-refractivity contribution in [2.45, 2.75) is 13.5 Å². The lowest BCUT2D eigenvalue weighted by Gasteiger charge is -2.34. The summed E-state index contributed by atoms with van der Waals surface area (Å²) in [6.45, 7) is 7.65. The van der Waals surface area contributed by atoms with Crippen LogP contribution in [0.2, 0.25) is 0 Å². The third-order valence-electron chi connectivity index (χ3n) is 5.48. The van der Waals surface area contributed by atoms with Crippen molar-refractivity contribution in [3.8, 4) is 11.5 Å². The Hall–Kier alpha value is -2.41. The number of phenols is 2. The van der Waals surface area contributed by atoms with E-state index in [1.807, 2.05) is 0 Å². The molecule has 2 aromatic rings. The fourth-order valence-corrected chi connectivity index (χ4v) is 3.95. The molecule has 1 heterocycles. The second kappa shape index (κ2) is 7.91. The smallest absolute Gasteiger partial charge is 0.201 e. The van der Waals surface area contributed by atoms with Gasteiger partial charge < -0.3 is 15.1 Å². The minimum atomic E-state index is -0.515. The van der Waals surface area contributed by atoms with E-state index in [2.05, 4.69) is 16.7 Å². The standard InChI is InChI=1S/C21H22N2O4.ClH/c1-2-22-6-8-23(9-7-22)12-13-10-15-19(17(25)11-13)21(27)18-14(20(15)26)4-3-5-16(18)24;/h3-5,10-11,24-25H,2,6-9,12H2,1H3;1H. The normalized spacial score (nSPS) is 17.0. The molecule has 28 heavy (non-hydrogen) atoms. The van der Waals surface area contributed by atoms with Crippen molar-refractivity contribution in [3.63, 3.8) is 0 Å². The van der Waals surface area contributed by atoms with Gasteiger partial charge in [0.15, 0.2) is 5.78 Å². The van der Waals surface area contributed by atoms with E-state index >= 15 is 0 Å². The van der Waals surface area contributed by atoms with Crippen LogP contribution in [0.3, 0.4) is 0 Å². The Balaban J connectivity index is 0.00000225. The summed E-state index contributed by atoms with van der Waals surface area (Å²) in [4.78, 5) is 30.3. The summed E-state index contributed by atoms with van der Waals surface area (Å²) in [5.41, 5.74) is 1.14. The fraction of sp³-hybridized carbons (Fsp3) is 0.333. The number of rotatable bonds is 3. The molecule has 6 nitrogen and oxygen atoms in total. The van der Waals surface area contributed by atoms with Crippen molar-refractivity contribution in [2.24, 2.45) is 0 Å². The summed E-state index contributed by atoms with van der Waals surface area (Å²) in [6.07, 6.45) is 0. The number of hydrogen-bond acceptors (Lipinski definition) is 6. The van der Waals surface area contributed by atoms with Crippen molar-refractivity contribution in [3.05, 3.63) is 58.1 Å². The van der Waals surface area contributed by atoms with Crippen LogP contribution in [0.25, 0.3) is 0 Å². The number of hydrogen-bond donors (Lipinski definition) is 2. The van der Waals surface area contributed by atoms with Gasteiger partial charge in [-0.2, -0.15) is 0 Å². The van der Waals surface area contributed by atoms with Gasteiger partial charge in [0.05, 0.1) is 11.1 Å². The van der Waals surface area contributed by atoms with Crippen LogP contribution >= 0.6 is 12.4 Å². The number of fused-ring (bicyclic) bond motifs is 2. The topological polar surface area (TPSA) is 81.1 Å². The molecule has 0 bridgehead atoms. The number of carbonyl (C=O) groups excluding carboxylic acids is 2. The number of benzene rings is 2. The van der Waals surface area contributed by atoms with Gasteiger partial charge in [-0.25, -0.2) is 0 Å². The van der Waals surface area contributed by atoms with Crippen molar-refractivity contribution >= 4 is 24.0 Å². The van der Waals surface area contributed by atoms with Crippen LogP contribution in [0.4, 0.5) is 0 Å². The lowest BCUT2D eigenvalue weighted by molar-refractivity contribution is 0.0973. The van der Waals surface area contributed by atoms with Gasteiger partial charge in [0.2, 0.25) is 5.78 Å². The van der Waals surface area contributed by atoms with E-state index in [9.17, 15) is 19.8 Å². The largest absolute Gasteiger partial charge is 0.507 e. The summed E-state index contributed by atoms with van der Waals surface area (Å²) in [5, 5.41) is 20.5. The highest BCUT2D eigenvalue weighted by atomic mass is 35.5. The highest BCUT2D eigenvalue weighted by molar-refractivity contribution is 6.30. The molecule has 1 aliphatic carbocycles. The van der Waals surface area contributed by atoms with E-state index in [0.717, 1.165) is 38.3 Å². The average molecular weight is 403 g/mol. The molecular weight excluding hydrogens is 380 g/mol. The van der Waals surface area contributed by atoms with E-state index in [4.69, 9.17) is 0 Å². The van der Waals surface area contributed by atoms with Crippen LogP contribution in [0.5, 0.6) is 11.5 Å². The van der Waals surface area contributed by atoms with Crippen molar-refractivity contribution in [1.82, 2.24) is 9.80 Å². The molecule has 0 spiro atoms. The fourth-order valence-electron chi connectivity index (χ4n) is 3.95. The maximum atomic E-state index is 12.9. The Morgan fingerprint density at radius 2 is 1.50 bits per heavy atom. The molecule has 2 aromatic carbocycles. The molecule has 1 saturated heterocycles. The van der Waals surface area contributed by atoms with E-state index in [1.165, 1.54) is 12.1 Å². The van der Waals surface area contributed by atoms with Gasteiger partial charge in [-0.1, -0.05) is 19.1 Å². The maximum Gasteiger partial charge on any atom is 0.201 e. The molecule has 1 aliphatic heterocycles. The molecule has 0 saturated carbocycles. The lowest BCUT2D eigenvalue weighted by atomic mass is 9.82. The molecule has 1 fully saturated rings. The molecule has 4 rings (SSSR count). The number of ketones is 2. The second-order valence-corrected chi connectivity index (χ2v) is 7.11. The molecule has 2 N–H and O–H groups in total. The first-order valence-corrected chi connectivity index (χ1v) is 9.21. The van der Waals surface area contributed by atoms with Crippen molar-refractivity contribution < 1.29 is 19.8 Å². The Labute approximate surface area is 169 Å². The third-order valence-corrected chi connectivity index (χ3v) is 5.48. The number of aromatic hydroxyl groups is 2. The number of piperazine rings is 1. The molecule has 0 amide bonds. The maximum absolute atomic E-state index is 12.9. The molecule has 148 valence electrons. The van der Waals surface area contributed by atoms with Crippen LogP contribution in [0, 0.1) is 0 Å². The van der Waals surface area contributed by atoms with Crippen LogP contribution < -0.4 is 0 Å². The first-order valence-electron chi connectivity index (χ1n) is 9.21. The summed E-state index contributed by atoms with van der Waals surface area (Å²) in [6, 6.07) is 7.71. The first-order chi connectivity index (χ1) is 13.0. The highest BCUT2D eigenvalue weighted by Crippen LogP contribution is 2.37. The summed E-state index contributed by atoms with van der Waals surface area (Å²) >= 11 is 0. The molecule has 0 unspecified atom stereocenters. The number of carbonyl (C=O) groups is 2. The number of nitrogens with zero attached hydrogens (tertiary/aromatic N) is 2. The monoisotopic (exact) mass is 402 g/mol. The van der Waals surface area contributed by atoms with E-state index in [-0.39, 0.29) is 51.9 Å². The van der Waals surface area contributed by atoms with Crippen LogP contribution in [-0.4, -0.2) is 64.3 Å². The summed E-state index contributed by atoms with van der Waals surface area (Å²) in [5.74, 6) is -1.31. The molecular formula is C21H23ClN2O4. The second-order valence-electron chi connectivity index (χ2n) is 7.11. The molecule has 2 aliphatic rings. The molecule has 0 radical (unpaired) electrons. The van der Waals surface area contributed by atoms with Crippen molar-refractivity contribution in [1.29, 1.82) is 0 Å². The van der Waals surface area contributed by atoms with Gasteiger partial charge in [-0.3, -0.25) is 14.5 Å². The van der Waals surface area contributed by atoms with Gasteiger partial charge >= 0.3 is 0 Å². The molecule has 0 atom stereocenters. The lowest BCUT2D eigenvalue weighted by Crippen LogP contribution is -2.45. The van der Waals surface area contributed by atoms with Crippen LogP contribution in [0.15, 0.2) is 30.3 Å². The zero-order chi connectivity index (χ0) is 19.1. The Kier molecular flexibility index (Phi) is 5.74. The third kappa shape index (κ3) is 3.39. The van der Waals surface area contributed by atoms with Gasteiger partial charge in [-0.15, -0.1) is 12.4 Å². The Morgan fingerprint density at radius 3 is 2.18 bits per heavy atom. The zero-order valence-corrected chi connectivity index (χ0v) is 16.5. The van der Waals surface area contributed by atoms with Gasteiger partial charge in [0, 0.05) is 43.9 Å². The van der Waals surface area contributed by atoms with Crippen LogP contribution in [0.1, 0.15) is 44.3 Å². The highest BCUT2D eigenvalue weighted by Gasteiger charge is 2.34. The summed E-state index contributed by atoms with van der Waals surface area (Å²) in [7, 11) is 0. The first kappa shape index (κ1) is 20.3. The van der Waals surface area contributed by atoms with E-state index in [0.29, 0.717) is 6.54 Å². The van der Waals surface area contributed by atoms with Gasteiger partial charge in [-0.05, 0) is 30.3 Å². The number of halogens is 1. The molecule has 7 heteroatoms.